The maximum Gasteiger partial charge on any atom is 0.0858 e. The van der Waals surface area contributed by atoms with Crippen LogP contribution in [-0.4, -0.2) is 51.8 Å². The molecule has 0 aliphatic heterocycles. The van der Waals surface area contributed by atoms with Crippen molar-refractivity contribution in [3.8, 4) is 0 Å². The third-order valence-electron chi connectivity index (χ3n) is 3.73. The molecule has 0 aromatic heterocycles. The van der Waals surface area contributed by atoms with E-state index in [1.54, 1.807) is 0 Å². The van der Waals surface area contributed by atoms with E-state index in [9.17, 15) is 0 Å². The van der Waals surface area contributed by atoms with E-state index in [1.165, 1.54) is 0 Å². The van der Waals surface area contributed by atoms with Crippen LogP contribution in [0.3, 0.4) is 0 Å². The van der Waals surface area contributed by atoms with E-state index < -0.39 is 5.60 Å². The van der Waals surface area contributed by atoms with Crippen molar-refractivity contribution in [2.24, 2.45) is 10.8 Å². The highest BCUT2D eigenvalue weighted by molar-refractivity contribution is 4.73. The van der Waals surface area contributed by atoms with Gasteiger partial charge in [-0.3, -0.25) is 0 Å². The highest BCUT2D eigenvalue weighted by Crippen LogP contribution is 2.24. The van der Waals surface area contributed by atoms with Crippen LogP contribution in [0.15, 0.2) is 0 Å². The molecule has 0 spiro atoms. The largest absolute Gasteiger partial charge is 0.381 e. The van der Waals surface area contributed by atoms with E-state index in [0.717, 1.165) is 25.9 Å². The second-order valence-corrected chi connectivity index (χ2v) is 8.62. The lowest BCUT2D eigenvalue weighted by Gasteiger charge is -2.31. The molecule has 0 N–H and O–H groups in total. The van der Waals surface area contributed by atoms with Gasteiger partial charge in [0.2, 0.25) is 0 Å². The fourth-order valence-electron chi connectivity index (χ4n) is 2.20. The molecule has 2 unspecified atom stereocenters. The van der Waals surface area contributed by atoms with Gasteiger partial charge in [0.15, 0.2) is 0 Å². The zero-order valence-corrected chi connectivity index (χ0v) is 17.6. The summed E-state index contributed by atoms with van der Waals surface area (Å²) < 4.78 is 38.7. The van der Waals surface area contributed by atoms with Crippen molar-refractivity contribution in [2.75, 3.05) is 46.2 Å². The van der Waals surface area contributed by atoms with Crippen molar-refractivity contribution in [3.05, 3.63) is 0 Å². The van der Waals surface area contributed by atoms with Crippen LogP contribution in [0.2, 0.25) is 0 Å². The van der Waals surface area contributed by atoms with Gasteiger partial charge in [0, 0.05) is 28.0 Å². The third kappa shape index (κ3) is 14.7. The molecule has 0 saturated heterocycles. The van der Waals surface area contributed by atoms with Gasteiger partial charge in [0.1, 0.15) is 0 Å². The Kier molecular flexibility index (Phi) is 10.4. The summed E-state index contributed by atoms with van der Waals surface area (Å²) in [7, 11) is 0. The van der Waals surface area contributed by atoms with Gasteiger partial charge in [-0.2, -0.15) is 0 Å². The first kappa shape index (κ1) is 21.1. The first-order valence-corrected chi connectivity index (χ1v) is 9.61. The number of rotatable bonds is 16. The summed E-state index contributed by atoms with van der Waals surface area (Å²) in [5.41, 5.74) is -0.838. The molecule has 0 aliphatic rings. The molecule has 2 atom stereocenters. The smallest absolute Gasteiger partial charge is 0.0858 e. The molecule has 0 aromatic rings. The molecule has 0 aromatic carbocycles. The second kappa shape index (κ2) is 12.3. The number of ether oxygens (including phenoxy) is 4. The SMILES string of the molecule is [3H]CC(C)(COCCC)COCC(C)(C)CCOC(C)(C[3H])COCCC. The Hall–Kier alpha value is -0.160. The summed E-state index contributed by atoms with van der Waals surface area (Å²) in [6.07, 6.45) is 2.81. The summed E-state index contributed by atoms with van der Waals surface area (Å²) >= 11 is 0. The minimum Gasteiger partial charge on any atom is -0.381 e. The lowest BCUT2D eigenvalue weighted by atomic mass is 9.90. The Morgan fingerprint density at radius 3 is 1.80 bits per heavy atom. The summed E-state index contributed by atoms with van der Waals surface area (Å²) in [6.45, 7) is 17.1. The van der Waals surface area contributed by atoms with Gasteiger partial charge < -0.3 is 18.9 Å². The first-order chi connectivity index (χ1) is 12.7. The second-order valence-electron chi connectivity index (χ2n) is 8.62. The molecular weight excluding hydrogens is 316 g/mol. The molecule has 4 nitrogen and oxygen atoms in total. The molecule has 0 bridgehead atoms. The number of hydrogen-bond donors (Lipinski definition) is 0. The molecule has 25 heavy (non-hydrogen) atoms. The Bertz CT molecular complexity index is 336. The van der Waals surface area contributed by atoms with Gasteiger partial charge in [0.25, 0.3) is 0 Å². The van der Waals surface area contributed by atoms with Gasteiger partial charge in [-0.15, -0.1) is 0 Å². The molecule has 4 heteroatoms. The van der Waals surface area contributed by atoms with Gasteiger partial charge in [-0.1, -0.05) is 41.5 Å². The zero-order chi connectivity index (χ0) is 20.8. The Balaban J connectivity index is 4.24. The fraction of sp³-hybridized carbons (Fsp3) is 1.00. The van der Waals surface area contributed by atoms with Gasteiger partial charge in [-0.05, 0) is 38.5 Å². The van der Waals surface area contributed by atoms with E-state index in [-0.39, 0.29) is 17.7 Å². The quantitative estimate of drug-likeness (QED) is 0.357. The molecule has 0 fully saturated rings. The van der Waals surface area contributed by atoms with Crippen LogP contribution >= 0.6 is 0 Å². The lowest BCUT2D eigenvalue weighted by molar-refractivity contribution is -0.0873. The van der Waals surface area contributed by atoms with E-state index in [0.29, 0.717) is 46.5 Å². The third-order valence-corrected chi connectivity index (χ3v) is 3.73. The van der Waals surface area contributed by atoms with Crippen LogP contribution in [0.4, 0.5) is 0 Å². The Morgan fingerprint density at radius 1 is 0.680 bits per heavy atom. The predicted octanol–water partition coefficient (Wildman–Crippen LogP) is 5.09. The Morgan fingerprint density at radius 2 is 1.24 bits per heavy atom. The van der Waals surface area contributed by atoms with Gasteiger partial charge in [0.05, 0.1) is 32.0 Å². The van der Waals surface area contributed by atoms with E-state index in [4.69, 9.17) is 21.7 Å². The fourth-order valence-corrected chi connectivity index (χ4v) is 2.20. The van der Waals surface area contributed by atoms with Crippen molar-refractivity contribution in [1.82, 2.24) is 0 Å². The van der Waals surface area contributed by atoms with E-state index >= 15 is 0 Å². The minimum absolute atomic E-state index is 0.0274. The predicted molar refractivity (Wildman–Crippen MR) is 105 cm³/mol. The molecule has 152 valence electrons. The van der Waals surface area contributed by atoms with Crippen LogP contribution in [0, 0.1) is 10.8 Å². The minimum atomic E-state index is -0.549. The van der Waals surface area contributed by atoms with Crippen LogP contribution in [-0.2, 0) is 18.9 Å². The molecule has 0 amide bonds. The molecule has 0 heterocycles. The normalized spacial score (nSPS) is 18.3. The summed E-state index contributed by atoms with van der Waals surface area (Å²) in [4.78, 5) is 0. The maximum atomic E-state index is 7.79. The molecule has 0 rings (SSSR count). The molecule has 0 radical (unpaired) electrons. The van der Waals surface area contributed by atoms with E-state index in [2.05, 4.69) is 27.7 Å². The molecule has 0 saturated carbocycles. The van der Waals surface area contributed by atoms with Crippen molar-refractivity contribution in [3.63, 3.8) is 0 Å². The van der Waals surface area contributed by atoms with Crippen molar-refractivity contribution in [1.29, 1.82) is 0 Å². The topological polar surface area (TPSA) is 36.9 Å². The summed E-state index contributed by atoms with van der Waals surface area (Å²) in [5, 5.41) is 0. The summed E-state index contributed by atoms with van der Waals surface area (Å²) in [5.74, 6) is 0. The highest BCUT2D eigenvalue weighted by atomic mass is 16.5. The summed E-state index contributed by atoms with van der Waals surface area (Å²) in [6, 6.07) is 0. The maximum absolute atomic E-state index is 7.79. The Labute approximate surface area is 159 Å². The molecule has 0 aliphatic carbocycles. The first-order valence-electron chi connectivity index (χ1n) is 11.0. The van der Waals surface area contributed by atoms with Gasteiger partial charge >= 0.3 is 0 Å². The van der Waals surface area contributed by atoms with Crippen LogP contribution in [0.5, 0.6) is 0 Å². The zero-order valence-electron chi connectivity index (χ0n) is 19.6. The average Bonchev–Trinajstić information content (AvgIpc) is 2.62. The van der Waals surface area contributed by atoms with Crippen molar-refractivity contribution < 1.29 is 21.7 Å². The van der Waals surface area contributed by atoms with Crippen LogP contribution in [0.1, 0.15) is 77.3 Å². The molecular formula is C21H44O4. The van der Waals surface area contributed by atoms with Crippen LogP contribution < -0.4 is 0 Å². The van der Waals surface area contributed by atoms with E-state index in [1.807, 2.05) is 13.8 Å². The highest BCUT2D eigenvalue weighted by Gasteiger charge is 2.25. The van der Waals surface area contributed by atoms with Crippen molar-refractivity contribution in [2.45, 2.75) is 80.2 Å². The standard InChI is InChI=1S/C21H44O4/c1-9-12-22-16-20(5,6)17-24-15-19(3,4)11-14-25-21(7,8)18-23-13-10-2/h9-18H2,1-8H3/i5T,7T. The average molecular weight is 365 g/mol. The lowest BCUT2D eigenvalue weighted by Crippen LogP contribution is -2.33. The van der Waals surface area contributed by atoms with Gasteiger partial charge in [-0.25, -0.2) is 0 Å². The van der Waals surface area contributed by atoms with Crippen molar-refractivity contribution >= 4 is 0 Å². The van der Waals surface area contributed by atoms with Crippen LogP contribution in [0.25, 0.3) is 0 Å². The number of hydrogen-bond acceptors (Lipinski definition) is 4. The monoisotopic (exact) mass is 364 g/mol.